The van der Waals surface area contributed by atoms with Crippen LogP contribution in [0.4, 0.5) is 4.39 Å². The number of amides is 1. The van der Waals surface area contributed by atoms with Crippen LogP contribution in [0.1, 0.15) is 16.7 Å². The van der Waals surface area contributed by atoms with Crippen LogP contribution in [0.15, 0.2) is 67.0 Å². The summed E-state index contributed by atoms with van der Waals surface area (Å²) in [5.41, 5.74) is 2.52. The minimum Gasteiger partial charge on any atom is -0.352 e. The van der Waals surface area contributed by atoms with Crippen LogP contribution in [0.25, 0.3) is 0 Å². The molecule has 0 spiro atoms. The highest BCUT2D eigenvalue weighted by Gasteiger charge is 2.09. The van der Waals surface area contributed by atoms with Gasteiger partial charge < -0.3 is 5.32 Å². The summed E-state index contributed by atoms with van der Waals surface area (Å²) >= 11 is 0. The van der Waals surface area contributed by atoms with Crippen molar-refractivity contribution in [3.05, 3.63) is 89.5 Å². The van der Waals surface area contributed by atoms with Gasteiger partial charge in [0.25, 0.3) is 0 Å². The summed E-state index contributed by atoms with van der Waals surface area (Å²) in [6.07, 6.45) is 3.67. The molecule has 0 fully saturated rings. The Labute approximate surface area is 139 Å². The summed E-state index contributed by atoms with van der Waals surface area (Å²) in [6.45, 7) is 1.05. The predicted octanol–water partition coefficient (Wildman–Crippen LogP) is 2.93. The number of carbonyl (C=O) groups excluding carboxylic acids is 1. The van der Waals surface area contributed by atoms with Crippen molar-refractivity contribution in [1.29, 1.82) is 0 Å². The molecule has 0 saturated heterocycles. The highest BCUT2D eigenvalue weighted by atomic mass is 19.1. The van der Waals surface area contributed by atoms with E-state index >= 15 is 0 Å². The average molecular weight is 323 g/mol. The zero-order valence-electron chi connectivity index (χ0n) is 13.2. The molecule has 0 atom stereocenters. The van der Waals surface area contributed by atoms with Gasteiger partial charge >= 0.3 is 0 Å². The Morgan fingerprint density at radius 2 is 1.71 bits per heavy atom. The molecule has 0 unspecified atom stereocenters. The van der Waals surface area contributed by atoms with Crippen LogP contribution in [-0.4, -0.2) is 15.7 Å². The molecule has 24 heavy (non-hydrogen) atoms. The predicted molar refractivity (Wildman–Crippen MR) is 89.7 cm³/mol. The van der Waals surface area contributed by atoms with Gasteiger partial charge in [0.1, 0.15) is 5.82 Å². The van der Waals surface area contributed by atoms with Gasteiger partial charge in [0.2, 0.25) is 5.91 Å². The topological polar surface area (TPSA) is 46.9 Å². The Morgan fingerprint density at radius 3 is 2.42 bits per heavy atom. The average Bonchev–Trinajstić information content (AvgIpc) is 3.09. The number of nitrogens with zero attached hydrogens (tertiary/aromatic N) is 2. The fourth-order valence-corrected chi connectivity index (χ4v) is 2.52. The second-order valence-electron chi connectivity index (χ2n) is 5.52. The molecule has 5 heteroatoms. The molecule has 0 bridgehead atoms. The maximum atomic E-state index is 13.6. The van der Waals surface area contributed by atoms with Gasteiger partial charge in [0.15, 0.2) is 0 Å². The Balaban J connectivity index is 1.62. The number of rotatable bonds is 6. The van der Waals surface area contributed by atoms with Crippen LogP contribution < -0.4 is 5.32 Å². The molecular formula is C19H18FN3O. The number of benzene rings is 2. The zero-order chi connectivity index (χ0) is 16.8. The van der Waals surface area contributed by atoms with Crippen molar-refractivity contribution >= 4 is 5.91 Å². The molecule has 4 nitrogen and oxygen atoms in total. The largest absolute Gasteiger partial charge is 0.352 e. The minimum absolute atomic E-state index is 0.0357. The third-order valence-corrected chi connectivity index (χ3v) is 3.79. The fourth-order valence-electron chi connectivity index (χ4n) is 2.52. The van der Waals surface area contributed by atoms with E-state index in [9.17, 15) is 9.18 Å². The summed E-state index contributed by atoms with van der Waals surface area (Å²) < 4.78 is 15.4. The second kappa shape index (κ2) is 7.55. The second-order valence-corrected chi connectivity index (χ2v) is 5.52. The summed E-state index contributed by atoms with van der Waals surface area (Å²) in [5.74, 6) is -0.555. The van der Waals surface area contributed by atoms with Crippen LogP contribution in [0, 0.1) is 5.82 Å². The standard InChI is InChI=1S/C19H18FN3O/c20-18-9-4-3-6-15(18)12-19(24)21-13-16-7-1-2-8-17(16)14-23-11-5-10-22-23/h1-11H,12-14H2,(H,21,24). The lowest BCUT2D eigenvalue weighted by Crippen LogP contribution is -2.25. The van der Waals surface area contributed by atoms with E-state index < -0.39 is 0 Å². The van der Waals surface area contributed by atoms with E-state index in [2.05, 4.69) is 10.4 Å². The Hall–Kier alpha value is -2.95. The molecule has 1 amide bonds. The third kappa shape index (κ3) is 4.07. The number of carbonyl (C=O) groups is 1. The van der Waals surface area contributed by atoms with Gasteiger partial charge in [0.05, 0.1) is 13.0 Å². The Bertz CT molecular complexity index is 815. The lowest BCUT2D eigenvalue weighted by atomic mass is 10.1. The number of hydrogen-bond donors (Lipinski definition) is 1. The molecule has 1 heterocycles. The van der Waals surface area contributed by atoms with Crippen molar-refractivity contribution in [2.75, 3.05) is 0 Å². The summed E-state index contributed by atoms with van der Waals surface area (Å²) in [7, 11) is 0. The van der Waals surface area contributed by atoms with E-state index in [1.165, 1.54) is 6.07 Å². The van der Waals surface area contributed by atoms with E-state index in [4.69, 9.17) is 0 Å². The van der Waals surface area contributed by atoms with Crippen LogP contribution in [0.5, 0.6) is 0 Å². The summed E-state index contributed by atoms with van der Waals surface area (Å²) in [6, 6.07) is 16.1. The van der Waals surface area contributed by atoms with E-state index in [-0.39, 0.29) is 18.1 Å². The SMILES string of the molecule is O=C(Cc1ccccc1F)NCc1ccccc1Cn1cccn1. The Kier molecular flexibility index (Phi) is 5.01. The van der Waals surface area contributed by atoms with Gasteiger partial charge in [-0.15, -0.1) is 0 Å². The normalized spacial score (nSPS) is 10.5. The summed E-state index contributed by atoms with van der Waals surface area (Å²) in [5, 5.41) is 7.06. The molecule has 3 rings (SSSR count). The maximum absolute atomic E-state index is 13.6. The van der Waals surface area contributed by atoms with Crippen LogP contribution in [0.2, 0.25) is 0 Å². The van der Waals surface area contributed by atoms with Gasteiger partial charge in [-0.3, -0.25) is 9.48 Å². The number of aromatic nitrogens is 2. The van der Waals surface area contributed by atoms with Crippen molar-refractivity contribution < 1.29 is 9.18 Å². The highest BCUT2D eigenvalue weighted by molar-refractivity contribution is 5.78. The molecule has 0 aliphatic carbocycles. The van der Waals surface area contributed by atoms with Crippen molar-refractivity contribution in [3.8, 4) is 0 Å². The van der Waals surface area contributed by atoms with Gasteiger partial charge in [-0.2, -0.15) is 5.10 Å². The van der Waals surface area contributed by atoms with Gasteiger partial charge in [-0.1, -0.05) is 42.5 Å². The minimum atomic E-state index is -0.355. The lowest BCUT2D eigenvalue weighted by Gasteiger charge is -2.11. The first-order chi connectivity index (χ1) is 11.7. The number of nitrogens with one attached hydrogen (secondary N) is 1. The molecule has 0 aliphatic heterocycles. The molecule has 0 saturated carbocycles. The molecule has 1 aromatic heterocycles. The van der Waals surface area contributed by atoms with Crippen LogP contribution in [-0.2, 0) is 24.3 Å². The molecule has 122 valence electrons. The fraction of sp³-hybridized carbons (Fsp3) is 0.158. The molecule has 3 aromatic rings. The molecular weight excluding hydrogens is 305 g/mol. The third-order valence-electron chi connectivity index (χ3n) is 3.79. The first-order valence-electron chi connectivity index (χ1n) is 7.76. The molecule has 2 aromatic carbocycles. The van der Waals surface area contributed by atoms with Crippen LogP contribution in [0.3, 0.4) is 0 Å². The molecule has 0 aliphatic rings. The summed E-state index contributed by atoms with van der Waals surface area (Å²) in [4.78, 5) is 12.1. The van der Waals surface area contributed by atoms with Crippen molar-refractivity contribution in [3.63, 3.8) is 0 Å². The van der Waals surface area contributed by atoms with Crippen molar-refractivity contribution in [1.82, 2.24) is 15.1 Å². The number of halogens is 1. The van der Waals surface area contributed by atoms with Gasteiger partial charge in [0, 0.05) is 18.9 Å². The van der Waals surface area contributed by atoms with Gasteiger partial charge in [-0.25, -0.2) is 4.39 Å². The van der Waals surface area contributed by atoms with E-state index in [1.54, 1.807) is 24.4 Å². The van der Waals surface area contributed by atoms with Crippen LogP contribution >= 0.6 is 0 Å². The lowest BCUT2D eigenvalue weighted by molar-refractivity contribution is -0.120. The van der Waals surface area contributed by atoms with Crippen molar-refractivity contribution in [2.45, 2.75) is 19.5 Å². The first-order valence-corrected chi connectivity index (χ1v) is 7.76. The monoisotopic (exact) mass is 323 g/mol. The van der Waals surface area contributed by atoms with E-state index in [0.29, 0.717) is 18.7 Å². The maximum Gasteiger partial charge on any atom is 0.224 e. The smallest absolute Gasteiger partial charge is 0.224 e. The molecule has 1 N–H and O–H groups in total. The van der Waals surface area contributed by atoms with E-state index in [0.717, 1.165) is 11.1 Å². The highest BCUT2D eigenvalue weighted by Crippen LogP contribution is 2.11. The Morgan fingerprint density at radius 1 is 1.00 bits per heavy atom. The number of hydrogen-bond acceptors (Lipinski definition) is 2. The quantitative estimate of drug-likeness (QED) is 0.758. The zero-order valence-corrected chi connectivity index (χ0v) is 13.2. The van der Waals surface area contributed by atoms with E-state index in [1.807, 2.05) is 41.2 Å². The molecule has 0 radical (unpaired) electrons. The first kappa shape index (κ1) is 15.9. The van der Waals surface area contributed by atoms with Crippen molar-refractivity contribution in [2.24, 2.45) is 0 Å². The van der Waals surface area contributed by atoms with Gasteiger partial charge in [-0.05, 0) is 28.8 Å².